The molecular weight excluding hydrogens is 300 g/mol. The first-order valence-electron chi connectivity index (χ1n) is 5.19. The zero-order chi connectivity index (χ0) is 12.3. The lowest BCUT2D eigenvalue weighted by molar-refractivity contribution is 0.271. The lowest BCUT2D eigenvalue weighted by Crippen LogP contribution is -1.97. The standard InChI is InChI=1S/C12H13BrN2OS/c1-15-11(7-16)6-14-12(15)17-8-9-2-4-10(13)5-3-9/h2-6,16H,7-8H2,1H3. The van der Waals surface area contributed by atoms with Crippen LogP contribution in [-0.4, -0.2) is 14.7 Å². The first-order valence-corrected chi connectivity index (χ1v) is 6.97. The molecule has 1 heterocycles. The highest BCUT2D eigenvalue weighted by molar-refractivity contribution is 9.10. The molecule has 1 aromatic carbocycles. The Bertz CT molecular complexity index is 496. The normalized spacial score (nSPS) is 10.8. The van der Waals surface area contributed by atoms with Gasteiger partial charge in [-0.25, -0.2) is 4.98 Å². The number of imidazole rings is 1. The van der Waals surface area contributed by atoms with Gasteiger partial charge in [-0.1, -0.05) is 39.8 Å². The molecule has 0 aliphatic heterocycles. The van der Waals surface area contributed by atoms with Crippen molar-refractivity contribution < 1.29 is 5.11 Å². The Kier molecular flexibility index (Phi) is 4.25. The maximum atomic E-state index is 9.07. The van der Waals surface area contributed by atoms with Gasteiger partial charge < -0.3 is 9.67 Å². The zero-order valence-electron chi connectivity index (χ0n) is 9.43. The van der Waals surface area contributed by atoms with Crippen molar-refractivity contribution >= 4 is 27.7 Å². The third-order valence-electron chi connectivity index (χ3n) is 2.48. The summed E-state index contributed by atoms with van der Waals surface area (Å²) < 4.78 is 3.01. The van der Waals surface area contributed by atoms with E-state index in [9.17, 15) is 0 Å². The fourth-order valence-corrected chi connectivity index (χ4v) is 2.63. The Morgan fingerprint density at radius 1 is 1.35 bits per heavy atom. The van der Waals surface area contributed by atoms with E-state index in [4.69, 9.17) is 5.11 Å². The number of hydrogen-bond acceptors (Lipinski definition) is 3. The molecule has 1 aromatic heterocycles. The van der Waals surface area contributed by atoms with Gasteiger partial charge in [0.15, 0.2) is 5.16 Å². The molecule has 1 N–H and O–H groups in total. The maximum Gasteiger partial charge on any atom is 0.168 e. The minimum absolute atomic E-state index is 0.0301. The van der Waals surface area contributed by atoms with Gasteiger partial charge in [-0.15, -0.1) is 0 Å². The van der Waals surface area contributed by atoms with Crippen molar-refractivity contribution in [2.75, 3.05) is 0 Å². The van der Waals surface area contributed by atoms with Crippen molar-refractivity contribution in [2.24, 2.45) is 7.05 Å². The van der Waals surface area contributed by atoms with Crippen molar-refractivity contribution in [1.29, 1.82) is 0 Å². The summed E-state index contributed by atoms with van der Waals surface area (Å²) in [4.78, 5) is 4.28. The van der Waals surface area contributed by atoms with Gasteiger partial charge in [0.05, 0.1) is 18.5 Å². The Hall–Kier alpha value is -0.780. The average molecular weight is 313 g/mol. The molecule has 0 unspecified atom stereocenters. The number of rotatable bonds is 4. The third kappa shape index (κ3) is 3.12. The number of aromatic nitrogens is 2. The van der Waals surface area contributed by atoms with Gasteiger partial charge in [-0.05, 0) is 17.7 Å². The molecule has 2 aromatic rings. The monoisotopic (exact) mass is 312 g/mol. The van der Waals surface area contributed by atoms with Crippen LogP contribution in [-0.2, 0) is 19.4 Å². The van der Waals surface area contributed by atoms with E-state index >= 15 is 0 Å². The van der Waals surface area contributed by atoms with Crippen LogP contribution < -0.4 is 0 Å². The van der Waals surface area contributed by atoms with Crippen molar-refractivity contribution in [1.82, 2.24) is 9.55 Å². The van der Waals surface area contributed by atoms with Crippen LogP contribution in [0.5, 0.6) is 0 Å². The van der Waals surface area contributed by atoms with Gasteiger partial charge in [0, 0.05) is 17.3 Å². The molecule has 0 amide bonds. The molecule has 0 aliphatic carbocycles. The number of hydrogen-bond donors (Lipinski definition) is 1. The predicted molar refractivity (Wildman–Crippen MR) is 72.8 cm³/mol. The summed E-state index contributed by atoms with van der Waals surface area (Å²) in [5.74, 6) is 0.878. The largest absolute Gasteiger partial charge is 0.390 e. The van der Waals surface area contributed by atoms with E-state index in [0.29, 0.717) is 0 Å². The first-order chi connectivity index (χ1) is 8.20. The fraction of sp³-hybridized carbons (Fsp3) is 0.250. The number of aliphatic hydroxyl groups is 1. The molecule has 0 saturated heterocycles. The summed E-state index contributed by atoms with van der Waals surface area (Å²) in [7, 11) is 1.92. The molecule has 3 nitrogen and oxygen atoms in total. The summed E-state index contributed by atoms with van der Waals surface area (Å²) >= 11 is 5.08. The van der Waals surface area contributed by atoms with Crippen LogP contribution in [0.25, 0.3) is 0 Å². The molecule has 0 aliphatic rings. The third-order valence-corrected chi connectivity index (χ3v) is 4.13. The molecular formula is C12H13BrN2OS. The van der Waals surface area contributed by atoms with Gasteiger partial charge in [0.25, 0.3) is 0 Å². The van der Waals surface area contributed by atoms with Crippen LogP contribution in [0.4, 0.5) is 0 Å². The molecule has 2 rings (SSSR count). The number of thioether (sulfide) groups is 1. The van der Waals surface area contributed by atoms with Gasteiger partial charge in [0.1, 0.15) is 0 Å². The number of aliphatic hydroxyl groups excluding tert-OH is 1. The molecule has 90 valence electrons. The van der Waals surface area contributed by atoms with E-state index in [0.717, 1.165) is 21.1 Å². The molecule has 0 radical (unpaired) electrons. The highest BCUT2D eigenvalue weighted by Gasteiger charge is 2.06. The molecule has 0 saturated carbocycles. The van der Waals surface area contributed by atoms with E-state index in [-0.39, 0.29) is 6.61 Å². The average Bonchev–Trinajstić information content (AvgIpc) is 2.69. The second kappa shape index (κ2) is 5.71. The van der Waals surface area contributed by atoms with Gasteiger partial charge in [-0.2, -0.15) is 0 Å². The quantitative estimate of drug-likeness (QED) is 0.882. The Labute approximate surface area is 113 Å². The van der Waals surface area contributed by atoms with E-state index < -0.39 is 0 Å². The summed E-state index contributed by atoms with van der Waals surface area (Å²) in [5, 5.41) is 10.00. The minimum Gasteiger partial charge on any atom is -0.390 e. The smallest absolute Gasteiger partial charge is 0.168 e. The van der Waals surface area contributed by atoms with Gasteiger partial charge in [-0.3, -0.25) is 0 Å². The van der Waals surface area contributed by atoms with E-state index in [1.807, 2.05) is 23.7 Å². The van der Waals surface area contributed by atoms with Crippen molar-refractivity contribution in [2.45, 2.75) is 17.5 Å². The predicted octanol–water partition coefficient (Wildman–Crippen LogP) is 2.97. The van der Waals surface area contributed by atoms with Crippen molar-refractivity contribution in [3.05, 3.63) is 46.2 Å². The molecule has 0 bridgehead atoms. The van der Waals surface area contributed by atoms with Crippen LogP contribution in [0.3, 0.4) is 0 Å². The summed E-state index contributed by atoms with van der Waals surface area (Å²) in [6, 6.07) is 8.25. The topological polar surface area (TPSA) is 38.0 Å². The SMILES string of the molecule is Cn1c(CO)cnc1SCc1ccc(Br)cc1. The first kappa shape index (κ1) is 12.7. The van der Waals surface area contributed by atoms with E-state index in [2.05, 4.69) is 33.0 Å². The van der Waals surface area contributed by atoms with Crippen LogP contribution in [0.1, 0.15) is 11.3 Å². The van der Waals surface area contributed by atoms with Crippen molar-refractivity contribution in [3.63, 3.8) is 0 Å². The van der Waals surface area contributed by atoms with Gasteiger partial charge in [0.2, 0.25) is 0 Å². The minimum atomic E-state index is 0.0301. The Morgan fingerprint density at radius 2 is 2.06 bits per heavy atom. The van der Waals surface area contributed by atoms with Gasteiger partial charge >= 0.3 is 0 Å². The molecule has 0 spiro atoms. The lowest BCUT2D eigenvalue weighted by Gasteiger charge is -2.04. The second-order valence-corrected chi connectivity index (χ2v) is 5.52. The highest BCUT2D eigenvalue weighted by Crippen LogP contribution is 2.22. The highest BCUT2D eigenvalue weighted by atomic mass is 79.9. The van der Waals surface area contributed by atoms with Crippen LogP contribution in [0, 0.1) is 0 Å². The molecule has 0 atom stereocenters. The molecule has 5 heteroatoms. The lowest BCUT2D eigenvalue weighted by atomic mass is 10.2. The summed E-state index contributed by atoms with van der Waals surface area (Å²) in [6.07, 6.45) is 1.71. The number of benzene rings is 1. The van der Waals surface area contributed by atoms with Crippen LogP contribution in [0.2, 0.25) is 0 Å². The van der Waals surface area contributed by atoms with Crippen LogP contribution >= 0.6 is 27.7 Å². The van der Waals surface area contributed by atoms with E-state index in [1.165, 1.54) is 5.56 Å². The molecule has 17 heavy (non-hydrogen) atoms. The second-order valence-electron chi connectivity index (χ2n) is 3.66. The van der Waals surface area contributed by atoms with Crippen molar-refractivity contribution in [3.8, 4) is 0 Å². The summed E-state index contributed by atoms with van der Waals surface area (Å²) in [5.41, 5.74) is 2.09. The zero-order valence-corrected chi connectivity index (χ0v) is 11.8. The van der Waals surface area contributed by atoms with Crippen LogP contribution in [0.15, 0.2) is 40.1 Å². The number of nitrogens with zero attached hydrogens (tertiary/aromatic N) is 2. The number of halogens is 1. The molecule has 0 fully saturated rings. The Morgan fingerprint density at radius 3 is 2.65 bits per heavy atom. The maximum absolute atomic E-state index is 9.07. The summed E-state index contributed by atoms with van der Waals surface area (Å²) in [6.45, 7) is 0.0301. The van der Waals surface area contributed by atoms with E-state index in [1.54, 1.807) is 18.0 Å². The fourth-order valence-electron chi connectivity index (χ4n) is 1.44. The Balaban J connectivity index is 2.02.